The summed E-state index contributed by atoms with van der Waals surface area (Å²) in [5.41, 5.74) is 0.640. The zero-order chi connectivity index (χ0) is 15.8. The van der Waals surface area contributed by atoms with Crippen LogP contribution in [0.2, 0.25) is 5.02 Å². The molecule has 1 N–H and O–H groups in total. The number of para-hydroxylation sites is 1. The van der Waals surface area contributed by atoms with E-state index in [0.717, 1.165) is 0 Å². The first-order valence-corrected chi connectivity index (χ1v) is 6.98. The molecule has 2 aromatic carbocycles. The van der Waals surface area contributed by atoms with Crippen molar-refractivity contribution in [3.63, 3.8) is 0 Å². The van der Waals surface area contributed by atoms with Gasteiger partial charge in [-0.25, -0.2) is 0 Å². The SMILES string of the molecule is COc1ccc(/C=N/O)c(OCCOc2ccccc2Cl)c1. The minimum atomic E-state index is 0.310. The van der Waals surface area contributed by atoms with Gasteiger partial charge in [-0.1, -0.05) is 28.9 Å². The largest absolute Gasteiger partial charge is 0.497 e. The number of oxime groups is 1. The van der Waals surface area contributed by atoms with Gasteiger partial charge in [-0.2, -0.15) is 0 Å². The number of hydrogen-bond donors (Lipinski definition) is 1. The summed E-state index contributed by atoms with van der Waals surface area (Å²) in [6.07, 6.45) is 1.30. The molecule has 0 atom stereocenters. The molecule has 0 amide bonds. The van der Waals surface area contributed by atoms with Crippen LogP contribution in [0.1, 0.15) is 5.56 Å². The van der Waals surface area contributed by atoms with E-state index in [0.29, 0.717) is 41.0 Å². The highest BCUT2D eigenvalue weighted by molar-refractivity contribution is 6.32. The first kappa shape index (κ1) is 16.0. The molecule has 0 radical (unpaired) electrons. The van der Waals surface area contributed by atoms with Gasteiger partial charge in [0.2, 0.25) is 0 Å². The quantitative estimate of drug-likeness (QED) is 0.366. The first-order chi connectivity index (χ1) is 10.7. The zero-order valence-corrected chi connectivity index (χ0v) is 12.8. The van der Waals surface area contributed by atoms with E-state index in [1.807, 2.05) is 12.1 Å². The van der Waals surface area contributed by atoms with Crippen molar-refractivity contribution in [3.05, 3.63) is 53.1 Å². The van der Waals surface area contributed by atoms with Gasteiger partial charge in [0, 0.05) is 11.6 Å². The summed E-state index contributed by atoms with van der Waals surface area (Å²) in [7, 11) is 1.57. The molecule has 0 saturated carbocycles. The minimum absolute atomic E-state index is 0.310. The van der Waals surface area contributed by atoms with Crippen molar-refractivity contribution in [3.8, 4) is 17.2 Å². The third kappa shape index (κ3) is 4.30. The van der Waals surface area contributed by atoms with Gasteiger partial charge in [-0.05, 0) is 24.3 Å². The van der Waals surface area contributed by atoms with Gasteiger partial charge in [0.15, 0.2) is 0 Å². The molecule has 0 unspecified atom stereocenters. The molecule has 0 fully saturated rings. The standard InChI is InChI=1S/C16H16ClNO4/c1-20-13-7-6-12(11-18-19)16(10-13)22-9-8-21-15-5-3-2-4-14(15)17/h2-7,10-11,19H,8-9H2,1H3/b18-11+. The van der Waals surface area contributed by atoms with Crippen molar-refractivity contribution >= 4 is 17.8 Å². The fourth-order valence-corrected chi connectivity index (χ4v) is 1.99. The molecule has 0 spiro atoms. The summed E-state index contributed by atoms with van der Waals surface area (Å²) >= 11 is 6.00. The van der Waals surface area contributed by atoms with Crippen LogP contribution < -0.4 is 14.2 Å². The Morgan fingerprint density at radius 3 is 2.50 bits per heavy atom. The second-order valence-corrected chi connectivity index (χ2v) is 4.68. The molecule has 6 heteroatoms. The van der Waals surface area contributed by atoms with E-state index >= 15 is 0 Å². The number of hydrogen-bond acceptors (Lipinski definition) is 5. The van der Waals surface area contributed by atoms with Crippen LogP contribution in [0.4, 0.5) is 0 Å². The van der Waals surface area contributed by atoms with Gasteiger partial charge in [0.25, 0.3) is 0 Å². The van der Waals surface area contributed by atoms with Gasteiger partial charge in [-0.15, -0.1) is 0 Å². The number of ether oxygens (including phenoxy) is 3. The molecular formula is C16H16ClNO4. The fourth-order valence-electron chi connectivity index (χ4n) is 1.80. The molecule has 0 aliphatic carbocycles. The summed E-state index contributed by atoms with van der Waals surface area (Å²) in [6.45, 7) is 0.640. The molecule has 0 saturated heterocycles. The van der Waals surface area contributed by atoms with Crippen LogP contribution in [-0.2, 0) is 0 Å². The smallest absolute Gasteiger partial charge is 0.138 e. The Morgan fingerprint density at radius 2 is 1.82 bits per heavy atom. The normalized spacial score (nSPS) is 10.6. The molecule has 5 nitrogen and oxygen atoms in total. The maximum atomic E-state index is 8.66. The fraction of sp³-hybridized carbons (Fsp3) is 0.188. The van der Waals surface area contributed by atoms with Gasteiger partial charge in [0.1, 0.15) is 30.5 Å². The molecule has 0 aliphatic rings. The lowest BCUT2D eigenvalue weighted by Crippen LogP contribution is -2.10. The van der Waals surface area contributed by atoms with Crippen molar-refractivity contribution in [1.82, 2.24) is 0 Å². The molecular weight excluding hydrogens is 306 g/mol. The Bertz CT molecular complexity index is 646. The van der Waals surface area contributed by atoms with Crippen LogP contribution in [0.3, 0.4) is 0 Å². The number of halogens is 1. The topological polar surface area (TPSA) is 60.3 Å². The highest BCUT2D eigenvalue weighted by atomic mass is 35.5. The van der Waals surface area contributed by atoms with Crippen molar-refractivity contribution in [1.29, 1.82) is 0 Å². The molecule has 0 bridgehead atoms. The highest BCUT2D eigenvalue weighted by Crippen LogP contribution is 2.25. The van der Waals surface area contributed by atoms with E-state index in [1.165, 1.54) is 6.21 Å². The van der Waals surface area contributed by atoms with E-state index < -0.39 is 0 Å². The van der Waals surface area contributed by atoms with Crippen LogP contribution in [0.25, 0.3) is 0 Å². The van der Waals surface area contributed by atoms with Crippen LogP contribution in [0.15, 0.2) is 47.6 Å². The van der Waals surface area contributed by atoms with Gasteiger partial charge in [-0.3, -0.25) is 0 Å². The van der Waals surface area contributed by atoms with Gasteiger partial charge in [0.05, 0.1) is 18.3 Å². The lowest BCUT2D eigenvalue weighted by molar-refractivity contribution is 0.216. The second-order valence-electron chi connectivity index (χ2n) is 4.28. The Labute approximate surface area is 133 Å². The summed E-state index contributed by atoms with van der Waals surface area (Å²) < 4.78 is 16.3. The second kappa shape index (κ2) is 8.14. The van der Waals surface area contributed by atoms with Crippen molar-refractivity contribution in [2.75, 3.05) is 20.3 Å². The predicted octanol–water partition coefficient (Wildman–Crippen LogP) is 3.61. The van der Waals surface area contributed by atoms with Gasteiger partial charge >= 0.3 is 0 Å². The van der Waals surface area contributed by atoms with E-state index in [9.17, 15) is 0 Å². The molecule has 0 aliphatic heterocycles. The number of methoxy groups -OCH3 is 1. The molecule has 2 aromatic rings. The van der Waals surface area contributed by atoms with Gasteiger partial charge < -0.3 is 19.4 Å². The number of rotatable bonds is 7. The molecule has 0 aromatic heterocycles. The third-order valence-corrected chi connectivity index (χ3v) is 3.16. The minimum Gasteiger partial charge on any atom is -0.497 e. The summed E-state index contributed by atoms with van der Waals surface area (Å²) in [4.78, 5) is 0. The summed E-state index contributed by atoms with van der Waals surface area (Å²) in [6, 6.07) is 12.4. The zero-order valence-electron chi connectivity index (χ0n) is 12.0. The van der Waals surface area contributed by atoms with Crippen molar-refractivity contribution in [2.45, 2.75) is 0 Å². The highest BCUT2D eigenvalue weighted by Gasteiger charge is 2.05. The van der Waals surface area contributed by atoms with Crippen LogP contribution >= 0.6 is 11.6 Å². The van der Waals surface area contributed by atoms with Crippen molar-refractivity contribution < 1.29 is 19.4 Å². The predicted molar refractivity (Wildman–Crippen MR) is 84.8 cm³/mol. The summed E-state index contributed by atoms with van der Waals surface area (Å²) in [5, 5.41) is 12.2. The maximum absolute atomic E-state index is 8.66. The Morgan fingerprint density at radius 1 is 1.09 bits per heavy atom. The number of nitrogens with zero attached hydrogens (tertiary/aromatic N) is 1. The average molecular weight is 322 g/mol. The van der Waals surface area contributed by atoms with Crippen molar-refractivity contribution in [2.24, 2.45) is 5.16 Å². The molecule has 2 rings (SSSR count). The Balaban J connectivity index is 1.95. The maximum Gasteiger partial charge on any atom is 0.138 e. The van der Waals surface area contributed by atoms with Crippen LogP contribution in [0.5, 0.6) is 17.2 Å². The Hall–Kier alpha value is -2.40. The lowest BCUT2D eigenvalue weighted by Gasteiger charge is -2.12. The van der Waals surface area contributed by atoms with E-state index in [1.54, 1.807) is 37.4 Å². The molecule has 116 valence electrons. The average Bonchev–Trinajstić information content (AvgIpc) is 2.54. The van der Waals surface area contributed by atoms with Crippen LogP contribution in [-0.4, -0.2) is 31.7 Å². The first-order valence-electron chi connectivity index (χ1n) is 6.60. The third-order valence-electron chi connectivity index (χ3n) is 2.85. The lowest BCUT2D eigenvalue weighted by atomic mass is 10.2. The van der Waals surface area contributed by atoms with E-state index in [-0.39, 0.29) is 0 Å². The van der Waals surface area contributed by atoms with E-state index in [2.05, 4.69) is 5.16 Å². The van der Waals surface area contributed by atoms with Crippen LogP contribution in [0, 0.1) is 0 Å². The number of benzene rings is 2. The molecule has 0 heterocycles. The summed E-state index contributed by atoms with van der Waals surface area (Å²) in [5.74, 6) is 1.80. The molecule has 22 heavy (non-hydrogen) atoms. The monoisotopic (exact) mass is 321 g/mol. The van der Waals surface area contributed by atoms with E-state index in [4.69, 9.17) is 31.0 Å². The Kier molecular flexibility index (Phi) is 5.91.